The van der Waals surface area contributed by atoms with Gasteiger partial charge in [0.1, 0.15) is 5.75 Å². The molecule has 3 aromatic rings. The standard InChI is InChI=1S/C20H21BN4O4/c1-13-10-17-22-7-4-18(26)25(17)23-19(13)24-8-5-20(21,6-9-24)29-14-2-3-15-16(11-14)28-12-27-15/h2-4,7,10-11H,5-6,8-9,12,21H2,1H3. The van der Waals surface area contributed by atoms with E-state index in [4.69, 9.17) is 14.2 Å². The molecule has 5 rings (SSSR count). The van der Waals surface area contributed by atoms with Crippen molar-refractivity contribution in [3.63, 3.8) is 0 Å². The Morgan fingerprint density at radius 1 is 1.14 bits per heavy atom. The minimum Gasteiger partial charge on any atom is -0.496 e. The van der Waals surface area contributed by atoms with Gasteiger partial charge in [-0.05, 0) is 43.5 Å². The molecule has 0 amide bonds. The molecule has 29 heavy (non-hydrogen) atoms. The molecular formula is C20H21BN4O4. The molecule has 0 radical (unpaired) electrons. The Kier molecular flexibility index (Phi) is 4.11. The quantitative estimate of drug-likeness (QED) is 0.619. The molecule has 0 atom stereocenters. The summed E-state index contributed by atoms with van der Waals surface area (Å²) in [6, 6.07) is 9.00. The fourth-order valence-corrected chi connectivity index (χ4v) is 3.88. The highest BCUT2D eigenvalue weighted by atomic mass is 16.7. The van der Waals surface area contributed by atoms with Gasteiger partial charge in [-0.2, -0.15) is 4.52 Å². The smallest absolute Gasteiger partial charge is 0.274 e. The van der Waals surface area contributed by atoms with Gasteiger partial charge in [-0.1, -0.05) is 0 Å². The number of ether oxygens (including phenoxy) is 3. The van der Waals surface area contributed by atoms with Crippen LogP contribution in [0.15, 0.2) is 41.3 Å². The summed E-state index contributed by atoms with van der Waals surface area (Å²) in [5.74, 6) is 3.07. The molecule has 0 spiro atoms. The van der Waals surface area contributed by atoms with Crippen LogP contribution >= 0.6 is 0 Å². The highest BCUT2D eigenvalue weighted by Crippen LogP contribution is 2.37. The third-order valence-electron chi connectivity index (χ3n) is 5.57. The molecule has 0 saturated carbocycles. The maximum atomic E-state index is 12.1. The van der Waals surface area contributed by atoms with Gasteiger partial charge in [0, 0.05) is 31.4 Å². The van der Waals surface area contributed by atoms with Gasteiger partial charge in [0.15, 0.2) is 30.8 Å². The first-order chi connectivity index (χ1) is 14.0. The zero-order valence-corrected chi connectivity index (χ0v) is 16.4. The van der Waals surface area contributed by atoms with E-state index in [1.165, 1.54) is 16.8 Å². The zero-order chi connectivity index (χ0) is 20.0. The van der Waals surface area contributed by atoms with Crippen LogP contribution in [-0.2, 0) is 0 Å². The predicted molar refractivity (Wildman–Crippen MR) is 110 cm³/mol. The number of anilines is 1. The lowest BCUT2D eigenvalue weighted by Crippen LogP contribution is -2.49. The summed E-state index contributed by atoms with van der Waals surface area (Å²) in [4.78, 5) is 18.5. The lowest BCUT2D eigenvalue weighted by atomic mass is 9.73. The van der Waals surface area contributed by atoms with E-state index in [1.807, 2.05) is 31.2 Å². The Labute approximate surface area is 168 Å². The van der Waals surface area contributed by atoms with Crippen LogP contribution in [0.3, 0.4) is 0 Å². The van der Waals surface area contributed by atoms with Gasteiger partial charge in [-0.15, -0.1) is 5.10 Å². The van der Waals surface area contributed by atoms with E-state index < -0.39 is 0 Å². The largest absolute Gasteiger partial charge is 0.496 e. The monoisotopic (exact) mass is 392 g/mol. The molecule has 9 heteroatoms. The number of fused-ring (bicyclic) bond motifs is 2. The van der Waals surface area contributed by atoms with E-state index in [1.54, 1.807) is 0 Å². The van der Waals surface area contributed by atoms with Crippen molar-refractivity contribution in [2.75, 3.05) is 24.8 Å². The lowest BCUT2D eigenvalue weighted by Gasteiger charge is -2.40. The van der Waals surface area contributed by atoms with Gasteiger partial charge >= 0.3 is 0 Å². The molecule has 0 aliphatic carbocycles. The number of aromatic nitrogens is 3. The van der Waals surface area contributed by atoms with E-state index in [0.29, 0.717) is 5.65 Å². The van der Waals surface area contributed by atoms with Crippen molar-refractivity contribution in [3.05, 3.63) is 52.4 Å². The highest BCUT2D eigenvalue weighted by molar-refractivity contribution is 6.14. The molecule has 4 heterocycles. The van der Waals surface area contributed by atoms with Crippen molar-refractivity contribution in [2.45, 2.75) is 25.3 Å². The first-order valence-electron chi connectivity index (χ1n) is 9.70. The Balaban J connectivity index is 1.33. The van der Waals surface area contributed by atoms with Crippen molar-refractivity contribution in [3.8, 4) is 17.2 Å². The molecular weight excluding hydrogens is 371 g/mol. The maximum Gasteiger partial charge on any atom is 0.274 e. The van der Waals surface area contributed by atoms with Crippen molar-refractivity contribution in [1.82, 2.24) is 14.6 Å². The molecule has 0 bridgehead atoms. The van der Waals surface area contributed by atoms with E-state index in [9.17, 15) is 4.79 Å². The fourth-order valence-electron chi connectivity index (χ4n) is 3.88. The van der Waals surface area contributed by atoms with Gasteiger partial charge in [0.2, 0.25) is 6.79 Å². The average molecular weight is 392 g/mol. The Hall–Kier alpha value is -3.23. The first-order valence-corrected chi connectivity index (χ1v) is 9.70. The third-order valence-corrected chi connectivity index (χ3v) is 5.57. The zero-order valence-electron chi connectivity index (χ0n) is 16.4. The van der Waals surface area contributed by atoms with Gasteiger partial charge in [-0.25, -0.2) is 4.98 Å². The normalized spacial score (nSPS) is 17.5. The molecule has 1 aromatic carbocycles. The summed E-state index contributed by atoms with van der Waals surface area (Å²) in [7, 11) is 2.13. The number of rotatable bonds is 3. The Bertz CT molecular complexity index is 1140. The minimum atomic E-state index is -0.284. The van der Waals surface area contributed by atoms with Crippen molar-refractivity contribution < 1.29 is 14.2 Å². The lowest BCUT2D eigenvalue weighted by molar-refractivity contribution is 0.126. The van der Waals surface area contributed by atoms with Gasteiger partial charge in [-0.3, -0.25) is 4.79 Å². The minimum absolute atomic E-state index is 0.177. The molecule has 0 N–H and O–H groups in total. The van der Waals surface area contributed by atoms with Gasteiger partial charge in [0.05, 0.1) is 5.50 Å². The van der Waals surface area contributed by atoms with Crippen LogP contribution < -0.4 is 24.7 Å². The highest BCUT2D eigenvalue weighted by Gasteiger charge is 2.33. The number of nitrogens with zero attached hydrogens (tertiary/aromatic N) is 4. The average Bonchev–Trinajstić information content (AvgIpc) is 3.16. The first kappa shape index (κ1) is 17.8. The van der Waals surface area contributed by atoms with E-state index in [-0.39, 0.29) is 17.9 Å². The van der Waals surface area contributed by atoms with Crippen LogP contribution in [-0.4, -0.2) is 47.8 Å². The number of hydrogen-bond donors (Lipinski definition) is 0. The van der Waals surface area contributed by atoms with Crippen molar-refractivity contribution in [2.24, 2.45) is 0 Å². The fraction of sp³-hybridized carbons (Fsp3) is 0.350. The molecule has 2 aliphatic rings. The molecule has 1 saturated heterocycles. The van der Waals surface area contributed by atoms with E-state index in [2.05, 4.69) is 22.8 Å². The second-order valence-electron chi connectivity index (χ2n) is 7.76. The summed E-state index contributed by atoms with van der Waals surface area (Å²) in [6.45, 7) is 3.82. The van der Waals surface area contributed by atoms with Crippen LogP contribution in [0, 0.1) is 6.92 Å². The summed E-state index contributed by atoms with van der Waals surface area (Å²) in [5.41, 5.74) is 1.10. The third kappa shape index (κ3) is 3.26. The molecule has 2 aromatic heterocycles. The predicted octanol–water partition coefficient (Wildman–Crippen LogP) is 1.14. The molecule has 1 fully saturated rings. The summed E-state index contributed by atoms with van der Waals surface area (Å²) in [5, 5.41) is 4.57. The van der Waals surface area contributed by atoms with E-state index in [0.717, 1.165) is 54.6 Å². The number of benzene rings is 1. The number of hydrogen-bond acceptors (Lipinski definition) is 7. The molecule has 8 nitrogen and oxygen atoms in total. The Morgan fingerprint density at radius 2 is 1.93 bits per heavy atom. The van der Waals surface area contributed by atoms with E-state index >= 15 is 0 Å². The van der Waals surface area contributed by atoms with Crippen LogP contribution in [0.1, 0.15) is 18.4 Å². The molecule has 2 aliphatic heterocycles. The van der Waals surface area contributed by atoms with Crippen LogP contribution in [0.25, 0.3) is 5.65 Å². The summed E-state index contributed by atoms with van der Waals surface area (Å²) in [6.07, 6.45) is 3.18. The van der Waals surface area contributed by atoms with Crippen molar-refractivity contribution in [1.29, 1.82) is 0 Å². The second-order valence-corrected chi connectivity index (χ2v) is 7.76. The number of aryl methyl sites for hydroxylation is 1. The Morgan fingerprint density at radius 3 is 2.76 bits per heavy atom. The topological polar surface area (TPSA) is 78.2 Å². The van der Waals surface area contributed by atoms with Gasteiger partial charge < -0.3 is 19.1 Å². The summed E-state index contributed by atoms with van der Waals surface area (Å²) >= 11 is 0. The second kappa shape index (κ2) is 6.68. The van der Waals surface area contributed by atoms with Crippen LogP contribution in [0.5, 0.6) is 17.2 Å². The molecule has 148 valence electrons. The van der Waals surface area contributed by atoms with Crippen molar-refractivity contribution >= 4 is 19.3 Å². The SMILES string of the molecule is BC1(Oc2ccc3c(c2)OCO3)CCN(c2nn3c(=O)ccnc3cc2C)CC1. The van der Waals surface area contributed by atoms with Gasteiger partial charge in [0.25, 0.3) is 5.56 Å². The summed E-state index contributed by atoms with van der Waals surface area (Å²) < 4.78 is 18.5. The molecule has 0 unspecified atom stereocenters. The number of piperidine rings is 1. The maximum absolute atomic E-state index is 12.1. The van der Waals surface area contributed by atoms with Crippen LogP contribution in [0.2, 0.25) is 0 Å². The van der Waals surface area contributed by atoms with Crippen LogP contribution in [0.4, 0.5) is 5.82 Å².